The molecular weight excluding hydrogens is 242 g/mol. The zero-order chi connectivity index (χ0) is 12.8. The maximum atomic E-state index is 12.2. The molecule has 0 bridgehead atoms. The number of rotatable bonds is 2. The smallest absolute Gasteiger partial charge is 0.251 e. The van der Waals surface area contributed by atoms with Crippen molar-refractivity contribution in [2.75, 3.05) is 17.2 Å². The molecule has 94 valence electrons. The Morgan fingerprint density at radius 3 is 3.00 bits per heavy atom. The minimum absolute atomic E-state index is 0.0584. The van der Waals surface area contributed by atoms with Crippen LogP contribution in [0.3, 0.4) is 0 Å². The summed E-state index contributed by atoms with van der Waals surface area (Å²) >= 11 is 1.83. The quantitative estimate of drug-likeness (QED) is 0.597. The lowest BCUT2D eigenvalue weighted by molar-refractivity contribution is -0.114. The average molecular weight is 259 g/mol. The summed E-state index contributed by atoms with van der Waals surface area (Å²) in [6.45, 7) is 2.73. The second-order valence-electron chi connectivity index (χ2n) is 4.04. The Morgan fingerprint density at radius 2 is 2.17 bits per heavy atom. The Bertz CT molecular complexity index is 479. The van der Waals surface area contributed by atoms with Crippen LogP contribution in [-0.2, 0) is 4.79 Å². The third kappa shape index (κ3) is 3.05. The van der Waals surface area contributed by atoms with Crippen LogP contribution >= 0.6 is 11.8 Å². The summed E-state index contributed by atoms with van der Waals surface area (Å²) in [7, 11) is 0. The van der Waals surface area contributed by atoms with Crippen LogP contribution in [0.25, 0.3) is 0 Å². The lowest BCUT2D eigenvalue weighted by atomic mass is 10.2. The molecule has 0 aromatic heterocycles. The third-order valence-electron chi connectivity index (χ3n) is 2.75. The number of thioether (sulfide) groups is 1. The second kappa shape index (κ2) is 6.45. The lowest BCUT2D eigenvalue weighted by Gasteiger charge is -2.20. The van der Waals surface area contributed by atoms with Crippen molar-refractivity contribution in [2.45, 2.75) is 18.2 Å². The topological polar surface area (TPSA) is 20.3 Å². The van der Waals surface area contributed by atoms with Crippen LogP contribution in [0.15, 0.2) is 53.5 Å². The van der Waals surface area contributed by atoms with Crippen LogP contribution in [0.5, 0.6) is 0 Å². The number of anilines is 1. The van der Waals surface area contributed by atoms with E-state index in [4.69, 9.17) is 0 Å². The largest absolute Gasteiger partial charge is 0.308 e. The molecule has 0 atom stereocenters. The SMILES string of the molecule is CC=CC=CC(=O)N1CCCSc2ccccc21. The number of hydrogen-bond acceptors (Lipinski definition) is 2. The normalized spacial score (nSPS) is 15.9. The summed E-state index contributed by atoms with van der Waals surface area (Å²) in [6.07, 6.45) is 8.24. The van der Waals surface area contributed by atoms with Crippen molar-refractivity contribution in [2.24, 2.45) is 0 Å². The van der Waals surface area contributed by atoms with Gasteiger partial charge in [0.05, 0.1) is 5.69 Å². The number of amides is 1. The molecule has 1 aromatic carbocycles. The molecule has 1 aliphatic rings. The minimum atomic E-state index is 0.0584. The minimum Gasteiger partial charge on any atom is -0.308 e. The number of carbonyl (C=O) groups excluding carboxylic acids is 1. The predicted octanol–water partition coefficient (Wildman–Crippen LogP) is 3.65. The molecule has 3 heteroatoms. The van der Waals surface area contributed by atoms with Crippen molar-refractivity contribution in [1.29, 1.82) is 0 Å². The fourth-order valence-electron chi connectivity index (χ4n) is 1.90. The molecule has 0 radical (unpaired) electrons. The average Bonchev–Trinajstić information content (AvgIpc) is 2.61. The van der Waals surface area contributed by atoms with Gasteiger partial charge in [0.25, 0.3) is 5.91 Å². The highest BCUT2D eigenvalue weighted by molar-refractivity contribution is 7.99. The first-order chi connectivity index (χ1) is 8.83. The van der Waals surface area contributed by atoms with Crippen LogP contribution in [0.1, 0.15) is 13.3 Å². The Balaban J connectivity index is 2.25. The first kappa shape index (κ1) is 13.0. The van der Waals surface area contributed by atoms with Gasteiger partial charge in [-0.2, -0.15) is 0 Å². The van der Waals surface area contributed by atoms with Crippen LogP contribution in [0.4, 0.5) is 5.69 Å². The van der Waals surface area contributed by atoms with Gasteiger partial charge in [0.2, 0.25) is 0 Å². The second-order valence-corrected chi connectivity index (χ2v) is 5.18. The van der Waals surface area contributed by atoms with Gasteiger partial charge < -0.3 is 4.90 Å². The molecule has 0 spiro atoms. The van der Waals surface area contributed by atoms with Crippen molar-refractivity contribution < 1.29 is 4.79 Å². The molecule has 1 aromatic rings. The highest BCUT2D eigenvalue weighted by Gasteiger charge is 2.18. The molecule has 0 saturated heterocycles. The van der Waals surface area contributed by atoms with Gasteiger partial charge in [0.15, 0.2) is 0 Å². The molecule has 0 fully saturated rings. The molecule has 0 unspecified atom stereocenters. The summed E-state index contributed by atoms with van der Waals surface area (Å²) in [6, 6.07) is 8.12. The van der Waals surface area contributed by atoms with Gasteiger partial charge in [-0.3, -0.25) is 4.79 Å². The van der Waals surface area contributed by atoms with E-state index in [0.29, 0.717) is 0 Å². The molecular formula is C15H17NOS. The van der Waals surface area contributed by atoms with E-state index in [1.807, 2.05) is 53.9 Å². The molecule has 2 nitrogen and oxygen atoms in total. The zero-order valence-corrected chi connectivity index (χ0v) is 11.3. The predicted molar refractivity (Wildman–Crippen MR) is 78.1 cm³/mol. The summed E-state index contributed by atoms with van der Waals surface area (Å²) in [4.78, 5) is 15.3. The van der Waals surface area contributed by atoms with Gasteiger partial charge >= 0.3 is 0 Å². The van der Waals surface area contributed by atoms with Crippen molar-refractivity contribution in [3.63, 3.8) is 0 Å². The molecule has 0 N–H and O–H groups in total. The van der Waals surface area contributed by atoms with Crippen LogP contribution in [0.2, 0.25) is 0 Å². The molecule has 1 heterocycles. The first-order valence-electron chi connectivity index (χ1n) is 6.15. The zero-order valence-electron chi connectivity index (χ0n) is 10.5. The number of benzene rings is 1. The lowest BCUT2D eigenvalue weighted by Crippen LogP contribution is -2.30. The summed E-state index contributed by atoms with van der Waals surface area (Å²) in [5, 5.41) is 0. The monoisotopic (exact) mass is 259 g/mol. The molecule has 2 rings (SSSR count). The Labute approximate surface area is 112 Å². The summed E-state index contributed by atoms with van der Waals surface area (Å²) in [5.74, 6) is 1.13. The van der Waals surface area contributed by atoms with Crippen molar-refractivity contribution >= 4 is 23.4 Å². The number of nitrogens with zero attached hydrogens (tertiary/aromatic N) is 1. The molecule has 1 aliphatic heterocycles. The van der Waals surface area contributed by atoms with E-state index in [9.17, 15) is 4.79 Å². The molecule has 0 saturated carbocycles. The van der Waals surface area contributed by atoms with E-state index < -0.39 is 0 Å². The van der Waals surface area contributed by atoms with Crippen LogP contribution in [-0.4, -0.2) is 18.2 Å². The Kier molecular flexibility index (Phi) is 4.65. The molecule has 18 heavy (non-hydrogen) atoms. The number of carbonyl (C=O) groups is 1. The van der Waals surface area contributed by atoms with Gasteiger partial charge in [0.1, 0.15) is 0 Å². The molecule has 1 amide bonds. The van der Waals surface area contributed by atoms with Gasteiger partial charge in [-0.25, -0.2) is 0 Å². The fraction of sp³-hybridized carbons (Fsp3) is 0.267. The first-order valence-corrected chi connectivity index (χ1v) is 7.14. The number of hydrogen-bond donors (Lipinski definition) is 0. The van der Waals surface area contributed by atoms with Crippen molar-refractivity contribution in [3.05, 3.63) is 48.6 Å². The summed E-state index contributed by atoms with van der Waals surface area (Å²) in [5.41, 5.74) is 1.04. The van der Waals surface area contributed by atoms with Crippen LogP contribution < -0.4 is 4.90 Å². The molecule has 0 aliphatic carbocycles. The van der Waals surface area contributed by atoms with E-state index in [-0.39, 0.29) is 5.91 Å². The fourth-order valence-corrected chi connectivity index (χ4v) is 2.89. The highest BCUT2D eigenvalue weighted by atomic mass is 32.2. The summed E-state index contributed by atoms with van der Waals surface area (Å²) < 4.78 is 0. The van der Waals surface area contributed by atoms with E-state index in [1.165, 1.54) is 4.90 Å². The highest BCUT2D eigenvalue weighted by Crippen LogP contribution is 2.33. The number of para-hydroxylation sites is 1. The maximum absolute atomic E-state index is 12.2. The van der Waals surface area contributed by atoms with Gasteiger partial charge in [-0.05, 0) is 31.2 Å². The van der Waals surface area contributed by atoms with E-state index in [0.717, 1.165) is 24.4 Å². The van der Waals surface area contributed by atoms with Crippen molar-refractivity contribution in [1.82, 2.24) is 0 Å². The van der Waals surface area contributed by atoms with Crippen LogP contribution in [0, 0.1) is 0 Å². The Hall–Kier alpha value is -1.48. The number of allylic oxidation sites excluding steroid dienone is 3. The van der Waals surface area contributed by atoms with Gasteiger partial charge in [-0.15, -0.1) is 11.8 Å². The third-order valence-corrected chi connectivity index (χ3v) is 3.90. The van der Waals surface area contributed by atoms with E-state index in [1.54, 1.807) is 12.2 Å². The van der Waals surface area contributed by atoms with E-state index >= 15 is 0 Å². The van der Waals surface area contributed by atoms with Crippen molar-refractivity contribution in [3.8, 4) is 0 Å². The number of fused-ring (bicyclic) bond motifs is 1. The van der Waals surface area contributed by atoms with Gasteiger partial charge in [0, 0.05) is 17.5 Å². The van der Waals surface area contributed by atoms with Gasteiger partial charge in [-0.1, -0.05) is 30.4 Å². The maximum Gasteiger partial charge on any atom is 0.251 e. The Morgan fingerprint density at radius 1 is 1.33 bits per heavy atom. The standard InChI is InChI=1S/C15H17NOS/c1-2-3-4-10-15(17)16-11-7-12-18-14-9-6-5-8-13(14)16/h2-6,8-10H,7,11-12H2,1H3. The van der Waals surface area contributed by atoms with E-state index in [2.05, 4.69) is 6.07 Å².